The second kappa shape index (κ2) is 6.41. The van der Waals surface area contributed by atoms with E-state index in [1.807, 2.05) is 19.9 Å². The van der Waals surface area contributed by atoms with E-state index >= 15 is 0 Å². The van der Waals surface area contributed by atoms with Crippen LogP contribution in [0.1, 0.15) is 23.4 Å². The summed E-state index contributed by atoms with van der Waals surface area (Å²) >= 11 is 9.37. The molecule has 0 bridgehead atoms. The fraction of sp³-hybridized carbons (Fsp3) is 0.286. The zero-order chi connectivity index (χ0) is 14.7. The van der Waals surface area contributed by atoms with Gasteiger partial charge in [0.15, 0.2) is 0 Å². The second-order valence-corrected chi connectivity index (χ2v) is 5.80. The summed E-state index contributed by atoms with van der Waals surface area (Å²) in [5.41, 5.74) is 2.43. The highest BCUT2D eigenvalue weighted by molar-refractivity contribution is 9.10. The first-order chi connectivity index (χ1) is 9.47. The van der Waals surface area contributed by atoms with Gasteiger partial charge in [0.1, 0.15) is 5.76 Å². The Kier molecular flexibility index (Phi) is 4.83. The molecule has 1 aromatic heterocycles. The maximum atomic E-state index is 11.9. The molecule has 2 rings (SSSR count). The van der Waals surface area contributed by atoms with Crippen LogP contribution in [-0.4, -0.2) is 11.1 Å². The summed E-state index contributed by atoms with van der Waals surface area (Å²) in [6, 6.07) is 5.33. The van der Waals surface area contributed by atoms with Gasteiger partial charge in [-0.25, -0.2) is 0 Å². The molecular weight excluding hydrogens is 344 g/mol. The highest BCUT2D eigenvalue weighted by Crippen LogP contribution is 2.26. The molecule has 0 aliphatic rings. The van der Waals surface area contributed by atoms with Crippen LogP contribution in [0, 0.1) is 13.8 Å². The number of nitrogens with one attached hydrogen (secondary N) is 1. The van der Waals surface area contributed by atoms with Crippen molar-refractivity contribution in [2.75, 3.05) is 5.32 Å². The van der Waals surface area contributed by atoms with Gasteiger partial charge in [0, 0.05) is 16.5 Å². The molecule has 0 unspecified atom stereocenters. The van der Waals surface area contributed by atoms with Gasteiger partial charge >= 0.3 is 0 Å². The minimum atomic E-state index is -0.0887. The zero-order valence-electron chi connectivity index (χ0n) is 11.2. The molecule has 0 fully saturated rings. The largest absolute Gasteiger partial charge is 0.361 e. The Hall–Kier alpha value is -1.33. The average molecular weight is 358 g/mol. The lowest BCUT2D eigenvalue weighted by Crippen LogP contribution is -2.13. The summed E-state index contributed by atoms with van der Waals surface area (Å²) in [5, 5.41) is 7.17. The molecule has 1 aromatic carbocycles. The molecule has 0 saturated carbocycles. The van der Waals surface area contributed by atoms with Crippen molar-refractivity contribution in [3.63, 3.8) is 0 Å². The summed E-state index contributed by atoms with van der Waals surface area (Å²) in [6.07, 6.45) is 0.955. The first-order valence-corrected chi connectivity index (χ1v) is 7.31. The van der Waals surface area contributed by atoms with Crippen LogP contribution >= 0.6 is 27.5 Å². The fourth-order valence-electron chi connectivity index (χ4n) is 1.90. The van der Waals surface area contributed by atoms with Crippen molar-refractivity contribution in [2.45, 2.75) is 26.7 Å². The van der Waals surface area contributed by atoms with Gasteiger partial charge in [-0.3, -0.25) is 4.79 Å². The van der Waals surface area contributed by atoms with Crippen molar-refractivity contribution in [2.24, 2.45) is 0 Å². The molecule has 0 saturated heterocycles. The summed E-state index contributed by atoms with van der Waals surface area (Å²) in [4.78, 5) is 11.9. The third-order valence-corrected chi connectivity index (χ3v) is 3.79. The van der Waals surface area contributed by atoms with E-state index in [-0.39, 0.29) is 5.91 Å². The lowest BCUT2D eigenvalue weighted by atomic mass is 10.1. The van der Waals surface area contributed by atoms with E-state index in [1.165, 1.54) is 0 Å². The van der Waals surface area contributed by atoms with Crippen LogP contribution in [0.5, 0.6) is 0 Å². The topological polar surface area (TPSA) is 55.1 Å². The number of benzene rings is 1. The third kappa shape index (κ3) is 3.61. The Morgan fingerprint density at radius 1 is 1.45 bits per heavy atom. The molecule has 2 aromatic rings. The third-order valence-electron chi connectivity index (χ3n) is 2.99. The minimum Gasteiger partial charge on any atom is -0.361 e. The number of hydrogen-bond acceptors (Lipinski definition) is 3. The molecule has 0 radical (unpaired) electrons. The smallest absolute Gasteiger partial charge is 0.224 e. The van der Waals surface area contributed by atoms with E-state index < -0.39 is 0 Å². The standard InChI is InChI=1S/C14H14BrClN2O2/c1-8-11(9(2)20-18-8)4-6-14(19)17-13-5-3-10(15)7-12(13)16/h3,5,7H,4,6H2,1-2H3,(H,17,19). The van der Waals surface area contributed by atoms with Crippen molar-refractivity contribution in [1.29, 1.82) is 0 Å². The van der Waals surface area contributed by atoms with Gasteiger partial charge in [0.05, 0.1) is 16.4 Å². The first kappa shape index (κ1) is 15.1. The van der Waals surface area contributed by atoms with Crippen molar-refractivity contribution >= 4 is 39.1 Å². The Bertz CT molecular complexity index is 621. The number of halogens is 2. The van der Waals surface area contributed by atoms with E-state index in [9.17, 15) is 4.79 Å². The van der Waals surface area contributed by atoms with Gasteiger partial charge in [-0.15, -0.1) is 0 Å². The van der Waals surface area contributed by atoms with Crippen LogP contribution in [0.4, 0.5) is 5.69 Å². The SMILES string of the molecule is Cc1noc(C)c1CCC(=O)Nc1ccc(Br)cc1Cl. The zero-order valence-corrected chi connectivity index (χ0v) is 13.5. The Balaban J connectivity index is 1.96. The fourth-order valence-corrected chi connectivity index (χ4v) is 2.62. The molecule has 0 aliphatic heterocycles. The molecule has 1 N–H and O–H groups in total. The Morgan fingerprint density at radius 2 is 2.20 bits per heavy atom. The van der Waals surface area contributed by atoms with Crippen LogP contribution in [0.25, 0.3) is 0 Å². The number of carbonyl (C=O) groups is 1. The minimum absolute atomic E-state index is 0.0887. The molecule has 1 heterocycles. The van der Waals surface area contributed by atoms with E-state index in [0.29, 0.717) is 23.6 Å². The number of carbonyl (C=O) groups excluding carboxylic acids is 1. The summed E-state index contributed by atoms with van der Waals surface area (Å²) < 4.78 is 5.94. The molecule has 106 valence electrons. The van der Waals surface area contributed by atoms with Crippen LogP contribution in [0.15, 0.2) is 27.2 Å². The summed E-state index contributed by atoms with van der Waals surface area (Å²) in [6.45, 7) is 3.72. The van der Waals surface area contributed by atoms with Gasteiger partial charge in [-0.05, 0) is 38.5 Å². The normalized spacial score (nSPS) is 10.6. The van der Waals surface area contributed by atoms with Gasteiger partial charge in [-0.2, -0.15) is 0 Å². The first-order valence-electron chi connectivity index (χ1n) is 6.14. The Labute approximate surface area is 130 Å². The lowest BCUT2D eigenvalue weighted by molar-refractivity contribution is -0.116. The predicted octanol–water partition coefficient (Wildman–Crippen LogP) is 4.28. The molecule has 4 nitrogen and oxygen atoms in total. The van der Waals surface area contributed by atoms with E-state index in [1.54, 1.807) is 12.1 Å². The van der Waals surface area contributed by atoms with Crippen LogP contribution in [0.3, 0.4) is 0 Å². The molecule has 6 heteroatoms. The summed E-state index contributed by atoms with van der Waals surface area (Å²) in [5.74, 6) is 0.672. The van der Waals surface area contributed by atoms with Gasteiger partial charge in [0.25, 0.3) is 0 Å². The predicted molar refractivity (Wildman–Crippen MR) is 82.1 cm³/mol. The number of aryl methyl sites for hydroxylation is 2. The number of rotatable bonds is 4. The monoisotopic (exact) mass is 356 g/mol. The van der Waals surface area contributed by atoms with Crippen LogP contribution in [-0.2, 0) is 11.2 Å². The van der Waals surface area contributed by atoms with Crippen molar-refractivity contribution < 1.29 is 9.32 Å². The van der Waals surface area contributed by atoms with Crippen LogP contribution in [0.2, 0.25) is 5.02 Å². The van der Waals surface area contributed by atoms with Crippen LogP contribution < -0.4 is 5.32 Å². The van der Waals surface area contributed by atoms with Crippen molar-refractivity contribution in [3.05, 3.63) is 44.7 Å². The lowest BCUT2D eigenvalue weighted by Gasteiger charge is -2.07. The van der Waals surface area contributed by atoms with E-state index in [2.05, 4.69) is 26.4 Å². The van der Waals surface area contributed by atoms with E-state index in [0.717, 1.165) is 21.5 Å². The second-order valence-electron chi connectivity index (χ2n) is 4.48. The van der Waals surface area contributed by atoms with Gasteiger partial charge in [0.2, 0.25) is 5.91 Å². The molecule has 0 spiro atoms. The maximum Gasteiger partial charge on any atom is 0.224 e. The number of hydrogen-bond donors (Lipinski definition) is 1. The number of amides is 1. The molecule has 1 amide bonds. The van der Waals surface area contributed by atoms with Crippen molar-refractivity contribution in [1.82, 2.24) is 5.16 Å². The quantitative estimate of drug-likeness (QED) is 0.888. The number of aromatic nitrogens is 1. The highest BCUT2D eigenvalue weighted by atomic mass is 79.9. The summed E-state index contributed by atoms with van der Waals surface area (Å²) in [7, 11) is 0. The highest BCUT2D eigenvalue weighted by Gasteiger charge is 2.12. The molecular formula is C14H14BrClN2O2. The molecule has 0 aliphatic carbocycles. The van der Waals surface area contributed by atoms with Crippen molar-refractivity contribution in [3.8, 4) is 0 Å². The Morgan fingerprint density at radius 3 is 2.80 bits per heavy atom. The molecule has 20 heavy (non-hydrogen) atoms. The van der Waals surface area contributed by atoms with E-state index in [4.69, 9.17) is 16.1 Å². The number of nitrogens with zero attached hydrogens (tertiary/aromatic N) is 1. The van der Waals surface area contributed by atoms with Gasteiger partial charge < -0.3 is 9.84 Å². The average Bonchev–Trinajstić information content (AvgIpc) is 2.70. The number of anilines is 1. The van der Waals surface area contributed by atoms with Gasteiger partial charge in [-0.1, -0.05) is 32.7 Å². The molecule has 0 atom stereocenters. The maximum absolute atomic E-state index is 11.9.